The first-order valence-electron chi connectivity index (χ1n) is 6.09. The average Bonchev–Trinajstić information content (AvgIpc) is 2.47. The van der Waals surface area contributed by atoms with Crippen molar-refractivity contribution in [3.05, 3.63) is 59.9 Å². The normalized spacial score (nSPS) is 9.95. The first-order valence-corrected chi connectivity index (χ1v) is 6.09. The Morgan fingerprint density at radius 3 is 2.58 bits per heavy atom. The SMILES string of the molecule is CCOc1ccc(C(=O)OCc2ccccn2)cc1. The standard InChI is InChI=1S/C15H15NO3/c1-2-18-14-8-6-12(7-9-14)15(17)19-11-13-5-3-4-10-16-13/h3-10H,2,11H2,1H3. The summed E-state index contributed by atoms with van der Waals surface area (Å²) in [4.78, 5) is 15.9. The van der Waals surface area contributed by atoms with Gasteiger partial charge in [-0.05, 0) is 43.3 Å². The van der Waals surface area contributed by atoms with Gasteiger partial charge >= 0.3 is 5.97 Å². The number of aromatic nitrogens is 1. The van der Waals surface area contributed by atoms with Crippen LogP contribution in [0, 0.1) is 0 Å². The topological polar surface area (TPSA) is 48.4 Å². The fourth-order valence-electron chi connectivity index (χ4n) is 1.56. The summed E-state index contributed by atoms with van der Waals surface area (Å²) in [5.41, 5.74) is 1.22. The third-order valence-electron chi connectivity index (χ3n) is 2.48. The molecule has 4 heteroatoms. The van der Waals surface area contributed by atoms with Gasteiger partial charge in [0.25, 0.3) is 0 Å². The molecule has 0 aliphatic carbocycles. The molecular weight excluding hydrogens is 242 g/mol. The molecule has 0 bridgehead atoms. The molecule has 0 saturated heterocycles. The highest BCUT2D eigenvalue weighted by molar-refractivity contribution is 5.89. The van der Waals surface area contributed by atoms with Gasteiger partial charge in [-0.25, -0.2) is 4.79 Å². The molecule has 2 aromatic rings. The van der Waals surface area contributed by atoms with Gasteiger partial charge in [0.1, 0.15) is 12.4 Å². The van der Waals surface area contributed by atoms with E-state index in [9.17, 15) is 4.79 Å². The Hall–Kier alpha value is -2.36. The van der Waals surface area contributed by atoms with Gasteiger partial charge in [-0.2, -0.15) is 0 Å². The van der Waals surface area contributed by atoms with Crippen molar-refractivity contribution in [2.75, 3.05) is 6.61 Å². The predicted octanol–water partition coefficient (Wildman–Crippen LogP) is 2.84. The largest absolute Gasteiger partial charge is 0.494 e. The zero-order valence-corrected chi connectivity index (χ0v) is 10.7. The molecule has 1 heterocycles. The minimum absolute atomic E-state index is 0.173. The van der Waals surface area contributed by atoms with Crippen LogP contribution in [0.3, 0.4) is 0 Å². The Labute approximate surface area is 112 Å². The number of pyridine rings is 1. The lowest BCUT2D eigenvalue weighted by molar-refractivity contribution is 0.0467. The van der Waals surface area contributed by atoms with Crippen LogP contribution in [-0.2, 0) is 11.3 Å². The zero-order chi connectivity index (χ0) is 13.5. The van der Waals surface area contributed by atoms with Crippen molar-refractivity contribution in [3.63, 3.8) is 0 Å². The van der Waals surface area contributed by atoms with Gasteiger partial charge in [0.2, 0.25) is 0 Å². The van der Waals surface area contributed by atoms with Crippen LogP contribution in [0.4, 0.5) is 0 Å². The molecule has 0 amide bonds. The van der Waals surface area contributed by atoms with Crippen LogP contribution in [0.25, 0.3) is 0 Å². The fraction of sp³-hybridized carbons (Fsp3) is 0.200. The van der Waals surface area contributed by atoms with Crippen molar-refractivity contribution in [2.24, 2.45) is 0 Å². The van der Waals surface area contributed by atoms with E-state index in [1.807, 2.05) is 25.1 Å². The maximum absolute atomic E-state index is 11.8. The third kappa shape index (κ3) is 3.81. The molecule has 0 atom stereocenters. The summed E-state index contributed by atoms with van der Waals surface area (Å²) in [6.07, 6.45) is 1.67. The van der Waals surface area contributed by atoms with E-state index in [2.05, 4.69) is 4.98 Å². The number of nitrogens with zero attached hydrogens (tertiary/aromatic N) is 1. The summed E-state index contributed by atoms with van der Waals surface area (Å²) in [5.74, 6) is 0.373. The summed E-state index contributed by atoms with van der Waals surface area (Å²) in [7, 11) is 0. The molecule has 1 aromatic heterocycles. The van der Waals surface area contributed by atoms with Crippen LogP contribution in [0.15, 0.2) is 48.7 Å². The second kappa shape index (κ2) is 6.54. The number of esters is 1. The van der Waals surface area contributed by atoms with E-state index >= 15 is 0 Å². The van der Waals surface area contributed by atoms with E-state index in [1.54, 1.807) is 30.5 Å². The van der Waals surface area contributed by atoms with Crippen LogP contribution in [0.5, 0.6) is 5.75 Å². The lowest BCUT2D eigenvalue weighted by Crippen LogP contribution is -2.06. The zero-order valence-electron chi connectivity index (χ0n) is 10.7. The molecule has 1 aromatic carbocycles. The first kappa shape index (κ1) is 13.1. The van der Waals surface area contributed by atoms with Crippen molar-refractivity contribution >= 4 is 5.97 Å². The molecule has 0 saturated carbocycles. The van der Waals surface area contributed by atoms with E-state index in [4.69, 9.17) is 9.47 Å². The van der Waals surface area contributed by atoms with Crippen LogP contribution in [0.1, 0.15) is 23.0 Å². The summed E-state index contributed by atoms with van der Waals surface area (Å²) in [6.45, 7) is 2.69. The average molecular weight is 257 g/mol. The number of carbonyl (C=O) groups excluding carboxylic acids is 1. The van der Waals surface area contributed by atoms with Gasteiger partial charge in [0.15, 0.2) is 0 Å². The van der Waals surface area contributed by atoms with Crippen molar-refractivity contribution in [3.8, 4) is 5.75 Å². The highest BCUT2D eigenvalue weighted by Gasteiger charge is 2.07. The Morgan fingerprint density at radius 2 is 1.95 bits per heavy atom. The number of ether oxygens (including phenoxy) is 2. The monoisotopic (exact) mass is 257 g/mol. The van der Waals surface area contributed by atoms with Crippen LogP contribution < -0.4 is 4.74 Å². The number of carbonyl (C=O) groups is 1. The highest BCUT2D eigenvalue weighted by atomic mass is 16.5. The van der Waals surface area contributed by atoms with Crippen LogP contribution in [0.2, 0.25) is 0 Å². The molecule has 0 radical (unpaired) electrons. The molecular formula is C15H15NO3. The second-order valence-electron chi connectivity index (χ2n) is 3.85. The highest BCUT2D eigenvalue weighted by Crippen LogP contribution is 2.13. The molecule has 0 fully saturated rings. The Balaban J connectivity index is 1.92. The predicted molar refractivity (Wildman–Crippen MR) is 71.0 cm³/mol. The van der Waals surface area contributed by atoms with Crippen molar-refractivity contribution in [1.29, 1.82) is 0 Å². The fourth-order valence-corrected chi connectivity index (χ4v) is 1.56. The smallest absolute Gasteiger partial charge is 0.338 e. The van der Waals surface area contributed by atoms with E-state index in [1.165, 1.54) is 0 Å². The van der Waals surface area contributed by atoms with Crippen LogP contribution >= 0.6 is 0 Å². The van der Waals surface area contributed by atoms with Crippen molar-refractivity contribution < 1.29 is 14.3 Å². The number of hydrogen-bond donors (Lipinski definition) is 0. The van der Waals surface area contributed by atoms with Crippen molar-refractivity contribution in [2.45, 2.75) is 13.5 Å². The molecule has 0 aliphatic rings. The van der Waals surface area contributed by atoms with E-state index in [0.717, 1.165) is 11.4 Å². The molecule has 0 aliphatic heterocycles. The Morgan fingerprint density at radius 1 is 1.16 bits per heavy atom. The maximum atomic E-state index is 11.8. The molecule has 19 heavy (non-hydrogen) atoms. The van der Waals surface area contributed by atoms with Gasteiger partial charge in [0.05, 0.1) is 17.9 Å². The van der Waals surface area contributed by atoms with E-state index < -0.39 is 0 Å². The Bertz CT molecular complexity index is 523. The summed E-state index contributed by atoms with van der Waals surface area (Å²) in [6, 6.07) is 12.4. The lowest BCUT2D eigenvalue weighted by atomic mass is 10.2. The van der Waals surface area contributed by atoms with Gasteiger partial charge in [-0.1, -0.05) is 6.07 Å². The maximum Gasteiger partial charge on any atom is 0.338 e. The van der Waals surface area contributed by atoms with E-state index in [-0.39, 0.29) is 12.6 Å². The third-order valence-corrected chi connectivity index (χ3v) is 2.48. The molecule has 0 spiro atoms. The molecule has 0 unspecified atom stereocenters. The van der Waals surface area contributed by atoms with Gasteiger partial charge < -0.3 is 9.47 Å². The van der Waals surface area contributed by atoms with Gasteiger partial charge in [0, 0.05) is 6.20 Å². The molecule has 4 nitrogen and oxygen atoms in total. The van der Waals surface area contributed by atoms with Gasteiger partial charge in [-0.3, -0.25) is 4.98 Å². The minimum atomic E-state index is -0.367. The first-order chi connectivity index (χ1) is 9.29. The van der Waals surface area contributed by atoms with E-state index in [0.29, 0.717) is 12.2 Å². The van der Waals surface area contributed by atoms with Gasteiger partial charge in [-0.15, -0.1) is 0 Å². The minimum Gasteiger partial charge on any atom is -0.494 e. The second-order valence-corrected chi connectivity index (χ2v) is 3.85. The number of benzene rings is 1. The summed E-state index contributed by atoms with van der Waals surface area (Å²) < 4.78 is 10.5. The number of rotatable bonds is 5. The molecule has 2 rings (SSSR count). The van der Waals surface area contributed by atoms with Crippen LogP contribution in [-0.4, -0.2) is 17.6 Å². The quantitative estimate of drug-likeness (QED) is 0.773. The molecule has 98 valence electrons. The Kier molecular flexibility index (Phi) is 4.50. The summed E-state index contributed by atoms with van der Waals surface area (Å²) in [5, 5.41) is 0. The number of hydrogen-bond acceptors (Lipinski definition) is 4. The summed E-state index contributed by atoms with van der Waals surface area (Å²) >= 11 is 0. The van der Waals surface area contributed by atoms with Crippen molar-refractivity contribution in [1.82, 2.24) is 4.98 Å². The lowest BCUT2D eigenvalue weighted by Gasteiger charge is -2.06. The molecule has 0 N–H and O–H groups in total.